The third kappa shape index (κ3) is 10.5. The average Bonchev–Trinajstić information content (AvgIpc) is 2.96. The molecule has 1 fully saturated rings. The number of rotatable bonds is 11. The number of carboxylic acid groups (broad SMARTS) is 1. The van der Waals surface area contributed by atoms with Gasteiger partial charge in [0.25, 0.3) is 10.1 Å². The average molecular weight is 596 g/mol. The summed E-state index contributed by atoms with van der Waals surface area (Å²) in [5.74, 6) is -0.775. The Morgan fingerprint density at radius 1 is 0.905 bits per heavy atom. The highest BCUT2D eigenvalue weighted by molar-refractivity contribution is 7.85. The minimum Gasteiger partial charge on any atom is -0.481 e. The van der Waals surface area contributed by atoms with E-state index in [1.807, 2.05) is 12.1 Å². The number of aliphatic carboxylic acids is 1. The number of carbonyl (C=O) groups excluding carboxylic acids is 1. The lowest BCUT2D eigenvalue weighted by Gasteiger charge is -2.34. The van der Waals surface area contributed by atoms with Gasteiger partial charge in [-0.05, 0) is 56.3 Å². The summed E-state index contributed by atoms with van der Waals surface area (Å²) in [4.78, 5) is 26.5. The number of benzene rings is 3. The zero-order chi connectivity index (χ0) is 30.8. The summed E-state index contributed by atoms with van der Waals surface area (Å²) in [5, 5.41) is 9.40. The Labute approximate surface area is 249 Å². The first kappa shape index (κ1) is 33.1. The molecule has 9 heteroatoms. The van der Waals surface area contributed by atoms with Crippen molar-refractivity contribution >= 4 is 21.9 Å². The van der Waals surface area contributed by atoms with E-state index in [1.54, 1.807) is 38.1 Å². The highest BCUT2D eigenvalue weighted by Gasteiger charge is 2.29. The topological polar surface area (TPSA) is 121 Å². The molecule has 226 valence electrons. The molecule has 1 heterocycles. The second-order valence-corrected chi connectivity index (χ2v) is 12.6. The predicted molar refractivity (Wildman–Crippen MR) is 163 cm³/mol. The van der Waals surface area contributed by atoms with E-state index in [2.05, 4.69) is 53.4 Å². The van der Waals surface area contributed by atoms with Gasteiger partial charge in [-0.1, -0.05) is 84.9 Å². The van der Waals surface area contributed by atoms with Crippen molar-refractivity contribution in [3.05, 3.63) is 107 Å². The molecular weight excluding hydrogens is 554 g/mol. The third-order valence-electron chi connectivity index (χ3n) is 7.41. The molecule has 0 aromatic heterocycles. The second-order valence-electron chi connectivity index (χ2n) is 11.1. The summed E-state index contributed by atoms with van der Waals surface area (Å²) < 4.78 is 32.5. The monoisotopic (exact) mass is 595 g/mol. The first-order valence-corrected chi connectivity index (χ1v) is 16.0. The Kier molecular flexibility index (Phi) is 12.0. The van der Waals surface area contributed by atoms with E-state index in [4.69, 9.17) is 9.29 Å². The quantitative estimate of drug-likeness (QED) is 0.211. The summed E-state index contributed by atoms with van der Waals surface area (Å²) in [6, 6.07) is 27.8. The fraction of sp³-hybridized carbons (Fsp3) is 0.394. The van der Waals surface area contributed by atoms with E-state index in [1.165, 1.54) is 11.1 Å². The van der Waals surface area contributed by atoms with Crippen LogP contribution in [0.4, 0.5) is 0 Å². The molecule has 0 aliphatic carbocycles. The number of carboxylic acids is 1. The molecule has 3 aromatic rings. The van der Waals surface area contributed by atoms with Gasteiger partial charge in [-0.3, -0.25) is 14.1 Å². The molecule has 0 unspecified atom stereocenters. The third-order valence-corrected chi connectivity index (χ3v) is 7.41. The number of hydrogen-bond donors (Lipinski definition) is 2. The van der Waals surface area contributed by atoms with Crippen LogP contribution in [0.2, 0.25) is 0 Å². The van der Waals surface area contributed by atoms with Crippen molar-refractivity contribution in [2.45, 2.75) is 57.2 Å². The molecule has 0 amide bonds. The van der Waals surface area contributed by atoms with Gasteiger partial charge in [0.2, 0.25) is 0 Å². The Balaban J connectivity index is 0.000000892. The van der Waals surface area contributed by atoms with Crippen LogP contribution in [0.25, 0.3) is 0 Å². The van der Waals surface area contributed by atoms with Gasteiger partial charge in [-0.15, -0.1) is 0 Å². The zero-order valence-corrected chi connectivity index (χ0v) is 25.3. The van der Waals surface area contributed by atoms with Crippen molar-refractivity contribution in [2.75, 3.05) is 25.9 Å². The molecule has 1 aliphatic heterocycles. The molecule has 3 aromatic carbocycles. The number of ketones is 1. The van der Waals surface area contributed by atoms with Crippen LogP contribution in [0.3, 0.4) is 0 Å². The maximum Gasteiger partial charge on any atom is 0.313 e. The molecule has 0 bridgehead atoms. The fourth-order valence-corrected chi connectivity index (χ4v) is 4.87. The highest BCUT2D eigenvalue weighted by Crippen LogP contribution is 2.30. The van der Waals surface area contributed by atoms with Crippen molar-refractivity contribution in [3.63, 3.8) is 0 Å². The van der Waals surface area contributed by atoms with Gasteiger partial charge in [0.1, 0.15) is 6.10 Å². The van der Waals surface area contributed by atoms with E-state index in [9.17, 15) is 23.1 Å². The lowest BCUT2D eigenvalue weighted by Crippen LogP contribution is -2.38. The number of nitrogens with zero attached hydrogens (tertiary/aromatic N) is 1. The molecule has 8 nitrogen and oxygen atoms in total. The maximum atomic E-state index is 12.7. The lowest BCUT2D eigenvalue weighted by molar-refractivity contribution is -0.142. The van der Waals surface area contributed by atoms with Crippen LogP contribution in [0.15, 0.2) is 84.9 Å². The normalized spacial score (nSPS) is 14.7. The van der Waals surface area contributed by atoms with Crippen molar-refractivity contribution in [2.24, 2.45) is 0 Å². The summed E-state index contributed by atoms with van der Waals surface area (Å²) in [6.45, 7) is 6.17. The Morgan fingerprint density at radius 2 is 1.38 bits per heavy atom. The molecule has 1 aliphatic rings. The summed E-state index contributed by atoms with van der Waals surface area (Å²) >= 11 is 0. The van der Waals surface area contributed by atoms with Crippen molar-refractivity contribution < 1.29 is 32.4 Å². The molecule has 1 saturated heterocycles. The van der Waals surface area contributed by atoms with Crippen LogP contribution in [-0.2, 0) is 25.1 Å². The van der Waals surface area contributed by atoms with E-state index >= 15 is 0 Å². The SMILES string of the molecule is CC(C)(C(=O)O)c1ccc(C(=O)CCCN2CCC(OC(c3ccccc3)c3ccccc3)CC2)cc1.CS(=O)(=O)O. The minimum atomic E-state index is -3.67. The van der Waals surface area contributed by atoms with E-state index in [0.717, 1.165) is 38.9 Å². The van der Waals surface area contributed by atoms with Gasteiger partial charge >= 0.3 is 5.97 Å². The van der Waals surface area contributed by atoms with Crippen LogP contribution < -0.4 is 0 Å². The van der Waals surface area contributed by atoms with E-state index < -0.39 is 21.5 Å². The fourth-order valence-electron chi connectivity index (χ4n) is 4.87. The predicted octanol–water partition coefficient (Wildman–Crippen LogP) is 5.79. The van der Waals surface area contributed by atoms with Crippen LogP contribution in [0.5, 0.6) is 0 Å². The first-order valence-electron chi connectivity index (χ1n) is 14.1. The maximum absolute atomic E-state index is 12.7. The standard InChI is InChI=1S/C32H37NO4.CH4O3S/c1-32(2,31(35)36)27-17-15-24(16-18-27)29(34)14-9-21-33-22-19-28(20-23-33)37-30(25-10-5-3-6-11-25)26-12-7-4-8-13-26;1-5(2,3)4/h3-8,10-13,15-18,28,30H,9,14,19-23H2,1-2H3,(H,35,36);1H3,(H,2,3,4). The van der Waals surface area contributed by atoms with E-state index in [0.29, 0.717) is 23.8 Å². The Morgan fingerprint density at radius 3 is 1.83 bits per heavy atom. The van der Waals surface area contributed by atoms with Gasteiger partial charge < -0.3 is 14.7 Å². The van der Waals surface area contributed by atoms with Crippen LogP contribution in [0.1, 0.15) is 72.7 Å². The number of ether oxygens (including phenoxy) is 1. The van der Waals surface area contributed by atoms with Gasteiger partial charge in [-0.25, -0.2) is 0 Å². The highest BCUT2D eigenvalue weighted by atomic mass is 32.2. The molecule has 2 N–H and O–H groups in total. The van der Waals surface area contributed by atoms with Crippen LogP contribution in [0, 0.1) is 0 Å². The number of hydrogen-bond acceptors (Lipinski definition) is 6. The van der Waals surface area contributed by atoms with Gasteiger partial charge in [-0.2, -0.15) is 8.42 Å². The van der Waals surface area contributed by atoms with Crippen molar-refractivity contribution in [1.29, 1.82) is 0 Å². The molecule has 42 heavy (non-hydrogen) atoms. The number of Topliss-reactive ketones (excluding diaryl/α,β-unsaturated/α-hetero) is 1. The Hall–Kier alpha value is -3.37. The van der Waals surface area contributed by atoms with Crippen LogP contribution >= 0.6 is 0 Å². The molecule has 4 rings (SSSR count). The largest absolute Gasteiger partial charge is 0.481 e. The number of piperidine rings is 1. The van der Waals surface area contributed by atoms with Crippen LogP contribution in [-0.4, -0.2) is 66.7 Å². The van der Waals surface area contributed by atoms with Gasteiger partial charge in [0.15, 0.2) is 5.78 Å². The number of carbonyl (C=O) groups is 2. The molecule has 0 spiro atoms. The summed E-state index contributed by atoms with van der Waals surface area (Å²) in [5.41, 5.74) is 2.72. The number of likely N-dealkylation sites (tertiary alicyclic amines) is 1. The minimum absolute atomic E-state index is 0.0657. The smallest absolute Gasteiger partial charge is 0.313 e. The first-order chi connectivity index (χ1) is 19.8. The second kappa shape index (κ2) is 15.2. The zero-order valence-electron chi connectivity index (χ0n) is 24.5. The van der Waals surface area contributed by atoms with Gasteiger partial charge in [0.05, 0.1) is 17.8 Å². The molecule has 0 radical (unpaired) electrons. The molecular formula is C33H41NO7S. The lowest BCUT2D eigenvalue weighted by atomic mass is 9.84. The van der Waals surface area contributed by atoms with Crippen molar-refractivity contribution in [1.82, 2.24) is 4.90 Å². The molecule has 0 saturated carbocycles. The summed E-state index contributed by atoms with van der Waals surface area (Å²) in [6.07, 6.45) is 4.11. The molecule has 0 atom stereocenters. The Bertz CT molecular complexity index is 1340. The summed E-state index contributed by atoms with van der Waals surface area (Å²) in [7, 11) is -3.67. The van der Waals surface area contributed by atoms with Gasteiger partial charge in [0, 0.05) is 25.1 Å². The van der Waals surface area contributed by atoms with Crippen molar-refractivity contribution in [3.8, 4) is 0 Å². The van der Waals surface area contributed by atoms with E-state index in [-0.39, 0.29) is 18.0 Å².